The normalized spacial score (nSPS) is 15.0. The molecule has 1 saturated carbocycles. The van der Waals surface area contributed by atoms with E-state index in [1.807, 2.05) is 0 Å². The molecule has 0 N–H and O–H groups in total. The summed E-state index contributed by atoms with van der Waals surface area (Å²) in [6.07, 6.45) is 8.04. The van der Waals surface area contributed by atoms with Gasteiger partial charge in [0.1, 0.15) is 0 Å². The van der Waals surface area contributed by atoms with Crippen LogP contribution >= 0.6 is 0 Å². The van der Waals surface area contributed by atoms with Gasteiger partial charge in [-0.15, -0.1) is 0 Å². The first-order chi connectivity index (χ1) is 13.8. The summed E-state index contributed by atoms with van der Waals surface area (Å²) >= 11 is 0. The minimum atomic E-state index is 0.741. The highest BCUT2D eigenvalue weighted by Crippen LogP contribution is 2.36. The number of benzene rings is 4. The average molecular weight is 365 g/mol. The summed E-state index contributed by atoms with van der Waals surface area (Å²) < 4.78 is 0. The van der Waals surface area contributed by atoms with Crippen LogP contribution in [-0.2, 0) is 12.8 Å². The van der Waals surface area contributed by atoms with E-state index in [4.69, 9.17) is 0 Å². The molecule has 1 aliphatic rings. The predicted octanol–water partition coefficient (Wildman–Crippen LogP) is 7.58. The van der Waals surface area contributed by atoms with Crippen molar-refractivity contribution in [2.75, 3.05) is 0 Å². The molecule has 0 aliphatic heterocycles. The first-order valence-corrected chi connectivity index (χ1v) is 10.8. The van der Waals surface area contributed by atoms with Crippen molar-refractivity contribution >= 4 is 21.5 Å². The van der Waals surface area contributed by atoms with E-state index < -0.39 is 0 Å². The molecule has 5 rings (SSSR count). The van der Waals surface area contributed by atoms with Crippen LogP contribution in [0.5, 0.6) is 0 Å². The maximum absolute atomic E-state index is 2.41. The number of fused-ring (bicyclic) bond motifs is 2. The SMILES string of the molecule is c1ccc2cc(CC(Cc3ccc4ccccc4c3)C3CCCC3)ccc2c1. The van der Waals surface area contributed by atoms with Gasteiger partial charge in [-0.2, -0.15) is 0 Å². The van der Waals surface area contributed by atoms with Crippen molar-refractivity contribution in [3.05, 3.63) is 96.1 Å². The van der Waals surface area contributed by atoms with Crippen molar-refractivity contribution in [3.63, 3.8) is 0 Å². The molecule has 0 bridgehead atoms. The van der Waals surface area contributed by atoms with Crippen molar-refractivity contribution in [1.29, 1.82) is 0 Å². The maximum atomic E-state index is 2.41. The van der Waals surface area contributed by atoms with Crippen LogP contribution in [0.25, 0.3) is 21.5 Å². The highest BCUT2D eigenvalue weighted by atomic mass is 14.3. The average Bonchev–Trinajstić information content (AvgIpc) is 3.28. The molecule has 0 heteroatoms. The molecule has 0 amide bonds. The Labute approximate surface area is 168 Å². The molecule has 1 aliphatic carbocycles. The number of rotatable bonds is 5. The molecular weight excluding hydrogens is 336 g/mol. The lowest BCUT2D eigenvalue weighted by molar-refractivity contribution is 0.334. The molecular formula is C28H28. The smallest absolute Gasteiger partial charge is 0.0181 e. The van der Waals surface area contributed by atoms with Crippen LogP contribution in [-0.4, -0.2) is 0 Å². The predicted molar refractivity (Wildman–Crippen MR) is 121 cm³/mol. The summed E-state index contributed by atoms with van der Waals surface area (Å²) in [6, 6.07) is 31.6. The van der Waals surface area contributed by atoms with Crippen molar-refractivity contribution in [3.8, 4) is 0 Å². The summed E-state index contributed by atoms with van der Waals surface area (Å²) in [6.45, 7) is 0. The zero-order valence-corrected chi connectivity index (χ0v) is 16.5. The van der Waals surface area contributed by atoms with Gasteiger partial charge >= 0.3 is 0 Å². The van der Waals surface area contributed by atoms with Gasteiger partial charge in [-0.3, -0.25) is 0 Å². The molecule has 4 aromatic carbocycles. The largest absolute Gasteiger partial charge is 0.0616 e. The third-order valence-corrected chi connectivity index (χ3v) is 6.69. The quantitative estimate of drug-likeness (QED) is 0.342. The Morgan fingerprint density at radius 2 is 1.04 bits per heavy atom. The summed E-state index contributed by atoms with van der Waals surface area (Å²) in [4.78, 5) is 0. The monoisotopic (exact) mass is 364 g/mol. The van der Waals surface area contributed by atoms with Gasteiger partial charge in [0.05, 0.1) is 0 Å². The molecule has 0 radical (unpaired) electrons. The van der Waals surface area contributed by atoms with Crippen molar-refractivity contribution in [2.24, 2.45) is 11.8 Å². The molecule has 0 aromatic heterocycles. The van der Waals surface area contributed by atoms with Gasteiger partial charge in [0.25, 0.3) is 0 Å². The minimum Gasteiger partial charge on any atom is -0.0616 e. The fourth-order valence-electron chi connectivity index (χ4n) is 5.17. The second-order valence-electron chi connectivity index (χ2n) is 8.58. The summed E-state index contributed by atoms with van der Waals surface area (Å²) in [5, 5.41) is 5.43. The van der Waals surface area contributed by atoms with Gasteiger partial charge in [-0.25, -0.2) is 0 Å². The Balaban J connectivity index is 1.42. The van der Waals surface area contributed by atoms with Crippen LogP contribution in [0.4, 0.5) is 0 Å². The Kier molecular flexibility index (Phi) is 4.87. The second kappa shape index (κ2) is 7.80. The lowest BCUT2D eigenvalue weighted by atomic mass is 9.81. The van der Waals surface area contributed by atoms with Gasteiger partial charge < -0.3 is 0 Å². The molecule has 0 unspecified atom stereocenters. The Morgan fingerprint density at radius 1 is 0.571 bits per heavy atom. The molecule has 0 saturated heterocycles. The molecule has 0 spiro atoms. The molecule has 1 fully saturated rings. The highest BCUT2D eigenvalue weighted by Gasteiger charge is 2.25. The Bertz CT molecular complexity index is 1000. The van der Waals surface area contributed by atoms with Crippen LogP contribution in [0.2, 0.25) is 0 Å². The summed E-state index contributed by atoms with van der Waals surface area (Å²) in [5.41, 5.74) is 2.99. The van der Waals surface area contributed by atoms with E-state index in [9.17, 15) is 0 Å². The van der Waals surface area contributed by atoms with E-state index >= 15 is 0 Å². The van der Waals surface area contributed by atoms with Gasteiger partial charge in [-0.05, 0) is 57.3 Å². The zero-order valence-electron chi connectivity index (χ0n) is 16.5. The first-order valence-electron chi connectivity index (χ1n) is 10.8. The van der Waals surface area contributed by atoms with Crippen LogP contribution in [0, 0.1) is 11.8 Å². The van der Waals surface area contributed by atoms with E-state index in [1.54, 1.807) is 0 Å². The molecule has 140 valence electrons. The standard InChI is InChI=1S/C28H28/c1-2-8-23(7-1)28(19-21-13-15-24-9-3-5-11-26(24)17-21)20-22-14-16-25-10-4-6-12-27(25)18-22/h3-6,9-18,23,28H,1-2,7-8,19-20H2. The summed E-state index contributed by atoms with van der Waals surface area (Å²) in [7, 11) is 0. The van der Waals surface area contributed by atoms with Gasteiger partial charge in [0.15, 0.2) is 0 Å². The van der Waals surface area contributed by atoms with Crippen LogP contribution in [0.15, 0.2) is 84.9 Å². The zero-order chi connectivity index (χ0) is 18.8. The fourth-order valence-corrected chi connectivity index (χ4v) is 5.17. The lowest BCUT2D eigenvalue weighted by Gasteiger charge is -2.24. The highest BCUT2D eigenvalue weighted by molar-refractivity contribution is 5.83. The van der Waals surface area contributed by atoms with Crippen LogP contribution < -0.4 is 0 Å². The number of hydrogen-bond acceptors (Lipinski definition) is 0. The minimum absolute atomic E-state index is 0.741. The Morgan fingerprint density at radius 3 is 1.54 bits per heavy atom. The number of hydrogen-bond donors (Lipinski definition) is 0. The van der Waals surface area contributed by atoms with E-state index in [0.717, 1.165) is 11.8 Å². The van der Waals surface area contributed by atoms with E-state index in [-0.39, 0.29) is 0 Å². The van der Waals surface area contributed by atoms with Gasteiger partial charge in [0, 0.05) is 0 Å². The van der Waals surface area contributed by atoms with Crippen molar-refractivity contribution in [2.45, 2.75) is 38.5 Å². The van der Waals surface area contributed by atoms with Gasteiger partial charge in [0.2, 0.25) is 0 Å². The van der Waals surface area contributed by atoms with Crippen molar-refractivity contribution < 1.29 is 0 Å². The first kappa shape index (κ1) is 17.5. The topological polar surface area (TPSA) is 0 Å². The van der Waals surface area contributed by atoms with E-state index in [1.165, 1.54) is 71.2 Å². The molecule has 4 aromatic rings. The van der Waals surface area contributed by atoms with Crippen molar-refractivity contribution in [1.82, 2.24) is 0 Å². The van der Waals surface area contributed by atoms with Gasteiger partial charge in [-0.1, -0.05) is 111 Å². The maximum Gasteiger partial charge on any atom is -0.0181 e. The molecule has 28 heavy (non-hydrogen) atoms. The fraction of sp³-hybridized carbons (Fsp3) is 0.286. The Hall–Kier alpha value is -2.60. The van der Waals surface area contributed by atoms with E-state index in [2.05, 4.69) is 84.9 Å². The summed E-state index contributed by atoms with van der Waals surface area (Å²) in [5.74, 6) is 1.61. The van der Waals surface area contributed by atoms with Crippen LogP contribution in [0.1, 0.15) is 36.8 Å². The van der Waals surface area contributed by atoms with Crippen LogP contribution in [0.3, 0.4) is 0 Å². The van der Waals surface area contributed by atoms with E-state index in [0.29, 0.717) is 0 Å². The molecule has 0 atom stereocenters. The third-order valence-electron chi connectivity index (χ3n) is 6.69. The molecule has 0 nitrogen and oxygen atoms in total. The molecule has 0 heterocycles. The third kappa shape index (κ3) is 3.69. The lowest BCUT2D eigenvalue weighted by Crippen LogP contribution is -2.17. The second-order valence-corrected chi connectivity index (χ2v) is 8.58.